The molecule has 1 radical (unpaired) electrons. The largest absolute Gasteiger partial charge is 3.00 e. The smallest absolute Gasteiger partial charge is 0.759 e. The average Bonchev–Trinajstić information content (AvgIpc) is 0.722. The molecule has 16 N–H and O–H groups in total. The van der Waals surface area contributed by atoms with Crippen LogP contribution >= 0.6 is 0 Å². The molecule has 0 atom stereocenters. The second-order valence-corrected chi connectivity index (χ2v) is 1.22. The molecule has 0 aliphatic carbocycles. The summed E-state index contributed by atoms with van der Waals surface area (Å²) in [6, 6.07) is 0. The van der Waals surface area contributed by atoms with Crippen LogP contribution in [0.15, 0.2) is 0 Å². The Labute approximate surface area is 84.6 Å². The van der Waals surface area contributed by atoms with Gasteiger partial charge in [0.25, 0.3) is 0 Å². The van der Waals surface area contributed by atoms with Gasteiger partial charge in [-0.1, -0.05) is 0 Å². The van der Waals surface area contributed by atoms with E-state index in [0.29, 0.717) is 0 Å². The molecule has 93 valence electrons. The fourth-order valence-electron chi connectivity index (χ4n) is 0. The van der Waals surface area contributed by atoms with Crippen LogP contribution in [0.1, 0.15) is 0 Å². The predicted molar refractivity (Wildman–Crippen MR) is 38.1 cm³/mol. The SMILES string of the molecule is O.O.O.O.O.O.O=S(=O)([O-])[O-].[Fe+3].[NH4+]. The zero-order chi connectivity index (χ0) is 4.50. The molecule has 0 saturated heterocycles. The predicted octanol–water partition coefficient (Wildman–Crippen LogP) is -5.91. The van der Waals surface area contributed by atoms with E-state index in [-0.39, 0.29) is 56.1 Å². The molecule has 0 aromatic heterocycles. The molecular weight excluding hydrogens is 262 g/mol. The van der Waals surface area contributed by atoms with Gasteiger partial charge in [0.2, 0.25) is 0 Å². The van der Waals surface area contributed by atoms with Gasteiger partial charge < -0.3 is 48.1 Å². The monoisotopic (exact) mass is 278 g/mol. The van der Waals surface area contributed by atoms with Crippen LogP contribution < -0.4 is 6.15 Å². The Bertz CT molecular complexity index is 98.1. The Hall–Kier alpha value is 0.109. The van der Waals surface area contributed by atoms with Crippen LogP contribution in [0.2, 0.25) is 0 Å². The second kappa shape index (κ2) is 40.0. The minimum atomic E-state index is -5.17. The average molecular weight is 278 g/mol. The van der Waals surface area contributed by atoms with Gasteiger partial charge in [-0.3, -0.25) is 8.42 Å². The molecule has 0 aliphatic rings. The van der Waals surface area contributed by atoms with Crippen LogP contribution in [0.4, 0.5) is 0 Å². The topological polar surface area (TPSA) is 306 Å². The van der Waals surface area contributed by atoms with Crippen LogP contribution in [-0.4, -0.2) is 50.4 Å². The third-order valence-electron chi connectivity index (χ3n) is 0. The quantitative estimate of drug-likeness (QED) is 0.256. The number of quaternary nitrogens is 1. The van der Waals surface area contributed by atoms with Crippen LogP contribution in [0.3, 0.4) is 0 Å². The number of rotatable bonds is 0. The van der Waals surface area contributed by atoms with Crippen LogP contribution in [0.25, 0.3) is 0 Å². The van der Waals surface area contributed by atoms with Gasteiger partial charge >= 0.3 is 17.1 Å². The minimum absolute atomic E-state index is 0. The summed E-state index contributed by atoms with van der Waals surface area (Å²) in [7, 11) is -5.17. The van der Waals surface area contributed by atoms with Gasteiger partial charge in [-0.2, -0.15) is 0 Å². The maximum Gasteiger partial charge on any atom is 3.00 e. The first-order chi connectivity index (χ1) is 2.00. The Morgan fingerprint density at radius 3 is 0.692 bits per heavy atom. The van der Waals surface area contributed by atoms with E-state index in [1.54, 1.807) is 0 Å². The zero-order valence-corrected chi connectivity index (χ0v) is 8.32. The maximum atomic E-state index is 8.52. The molecule has 0 saturated carbocycles. The summed E-state index contributed by atoms with van der Waals surface area (Å²) < 4.78 is 34.1. The van der Waals surface area contributed by atoms with E-state index in [1.807, 2.05) is 0 Å². The fourth-order valence-corrected chi connectivity index (χ4v) is 0. The molecule has 0 unspecified atom stereocenters. The van der Waals surface area contributed by atoms with E-state index < -0.39 is 10.4 Å². The van der Waals surface area contributed by atoms with Crippen molar-refractivity contribution in [3.8, 4) is 0 Å². The van der Waals surface area contributed by atoms with E-state index in [0.717, 1.165) is 0 Å². The first-order valence-corrected chi connectivity index (χ1v) is 2.00. The van der Waals surface area contributed by atoms with Crippen LogP contribution in [0, 0.1) is 0 Å². The molecule has 0 rings (SSSR count). The summed E-state index contributed by atoms with van der Waals surface area (Å²) in [5, 5.41) is 0. The first-order valence-electron chi connectivity index (χ1n) is 0.667. The van der Waals surface area contributed by atoms with E-state index in [9.17, 15) is 0 Å². The van der Waals surface area contributed by atoms with Crippen molar-refractivity contribution in [2.24, 2.45) is 0 Å². The number of hydrogen-bond donors (Lipinski definition) is 1. The molecule has 13 heteroatoms. The first kappa shape index (κ1) is 114. The molecular formula is H16FeNO10S+2. The summed E-state index contributed by atoms with van der Waals surface area (Å²) in [6.45, 7) is 0. The van der Waals surface area contributed by atoms with Crippen molar-refractivity contribution in [1.82, 2.24) is 6.15 Å². The van der Waals surface area contributed by atoms with Gasteiger partial charge in [0.05, 0.1) is 0 Å². The molecule has 0 aromatic rings. The molecule has 0 spiro atoms. The Morgan fingerprint density at radius 1 is 0.692 bits per heavy atom. The van der Waals surface area contributed by atoms with Gasteiger partial charge in [0, 0.05) is 10.4 Å². The molecule has 0 bridgehead atoms. The minimum Gasteiger partial charge on any atom is -0.759 e. The molecule has 0 heterocycles. The fraction of sp³-hybridized carbons (Fsp3) is 0. The Balaban J connectivity index is -0.00000000286. The second-order valence-electron chi connectivity index (χ2n) is 0.408. The molecule has 0 aliphatic heterocycles. The zero-order valence-electron chi connectivity index (χ0n) is 6.39. The van der Waals surface area contributed by atoms with Gasteiger partial charge in [-0.15, -0.1) is 0 Å². The van der Waals surface area contributed by atoms with E-state index >= 15 is 0 Å². The summed E-state index contributed by atoms with van der Waals surface area (Å²) in [5.74, 6) is 0. The van der Waals surface area contributed by atoms with Crippen LogP contribution in [0.5, 0.6) is 0 Å². The summed E-state index contributed by atoms with van der Waals surface area (Å²) in [5.41, 5.74) is 0. The Morgan fingerprint density at radius 2 is 0.692 bits per heavy atom. The molecule has 11 nitrogen and oxygen atoms in total. The van der Waals surface area contributed by atoms with Gasteiger partial charge in [0.1, 0.15) is 0 Å². The summed E-state index contributed by atoms with van der Waals surface area (Å²) >= 11 is 0. The van der Waals surface area contributed by atoms with E-state index in [1.165, 1.54) is 0 Å². The normalized spacial score (nSPS) is 4.46. The van der Waals surface area contributed by atoms with Crippen molar-refractivity contribution in [2.75, 3.05) is 0 Å². The van der Waals surface area contributed by atoms with Gasteiger partial charge in [-0.05, 0) is 0 Å². The van der Waals surface area contributed by atoms with Gasteiger partial charge in [-0.25, -0.2) is 0 Å². The molecule has 13 heavy (non-hydrogen) atoms. The van der Waals surface area contributed by atoms with Crippen LogP contribution in [-0.2, 0) is 27.5 Å². The third-order valence-corrected chi connectivity index (χ3v) is 0. The van der Waals surface area contributed by atoms with E-state index in [2.05, 4.69) is 0 Å². The molecule has 0 fully saturated rings. The maximum absolute atomic E-state index is 8.52. The standard InChI is InChI=1S/Fe.H3N.H2O4S.6H2O/c;;1-5(2,3)4;;;;;;/h;1H3;(H2,1,2,3,4);6*1H2/q+3;;;;;;;;/p-1. The molecule has 0 aromatic carbocycles. The van der Waals surface area contributed by atoms with Crippen molar-refractivity contribution in [3.05, 3.63) is 0 Å². The Kier molecular flexibility index (Phi) is 351. The van der Waals surface area contributed by atoms with Crippen molar-refractivity contribution in [3.63, 3.8) is 0 Å². The van der Waals surface area contributed by atoms with Crippen molar-refractivity contribution in [1.29, 1.82) is 0 Å². The van der Waals surface area contributed by atoms with E-state index in [4.69, 9.17) is 17.5 Å². The van der Waals surface area contributed by atoms with Gasteiger partial charge in [0.15, 0.2) is 0 Å². The summed E-state index contributed by atoms with van der Waals surface area (Å²) in [6.07, 6.45) is 0. The van der Waals surface area contributed by atoms with Crippen molar-refractivity contribution < 1.29 is 67.4 Å². The number of hydrogen-bond acceptors (Lipinski definition) is 4. The molecule has 0 amide bonds. The third kappa shape index (κ3) is 103000. The van der Waals surface area contributed by atoms with Crippen molar-refractivity contribution in [2.45, 2.75) is 0 Å². The van der Waals surface area contributed by atoms with Crippen molar-refractivity contribution >= 4 is 10.4 Å². The summed E-state index contributed by atoms with van der Waals surface area (Å²) in [4.78, 5) is 0.